The average molecular weight is 317 g/mol. The summed E-state index contributed by atoms with van der Waals surface area (Å²) in [5, 5.41) is 9.09. The number of rotatable bonds is 4. The highest BCUT2D eigenvalue weighted by Gasteiger charge is 2.29. The zero-order valence-electron chi connectivity index (χ0n) is 11.6. The quantitative estimate of drug-likeness (QED) is 0.858. The van der Waals surface area contributed by atoms with E-state index in [0.717, 1.165) is 23.9 Å². The van der Waals surface area contributed by atoms with E-state index in [1.165, 1.54) is 6.07 Å². The van der Waals surface area contributed by atoms with Crippen molar-refractivity contribution in [2.24, 2.45) is 0 Å². The number of morpholine rings is 1. The van der Waals surface area contributed by atoms with Crippen LogP contribution in [0.25, 0.3) is 0 Å². The van der Waals surface area contributed by atoms with Gasteiger partial charge >= 0.3 is 0 Å². The van der Waals surface area contributed by atoms with E-state index in [0.29, 0.717) is 13.2 Å². The van der Waals surface area contributed by atoms with Crippen LogP contribution in [0.4, 0.5) is 8.78 Å². The predicted octanol–water partition coefficient (Wildman–Crippen LogP) is 1.67. The van der Waals surface area contributed by atoms with E-state index in [1.807, 2.05) is 6.92 Å². The molecule has 0 radical (unpaired) electrons. The van der Waals surface area contributed by atoms with Crippen molar-refractivity contribution in [3.8, 4) is 0 Å². The number of hydrogen-bond donors (Lipinski definition) is 1. The van der Waals surface area contributed by atoms with Crippen LogP contribution in [0.1, 0.15) is 6.92 Å². The fourth-order valence-corrected chi connectivity index (χ4v) is 2.90. The van der Waals surface area contributed by atoms with Gasteiger partial charge in [-0.15, -0.1) is 11.8 Å². The number of aliphatic hydroxyl groups is 1. The summed E-state index contributed by atoms with van der Waals surface area (Å²) in [6.45, 7) is 2.40. The highest BCUT2D eigenvalue weighted by atomic mass is 32.2. The van der Waals surface area contributed by atoms with Crippen LogP contribution in [0.15, 0.2) is 23.1 Å². The molecule has 1 aromatic carbocycles. The van der Waals surface area contributed by atoms with Crippen molar-refractivity contribution in [2.75, 3.05) is 25.5 Å². The Morgan fingerprint density at radius 2 is 2.29 bits per heavy atom. The lowest BCUT2D eigenvalue weighted by Crippen LogP contribution is -2.52. The Balaban J connectivity index is 1.94. The Labute approximate surface area is 126 Å². The van der Waals surface area contributed by atoms with Crippen LogP contribution in [-0.2, 0) is 9.53 Å². The maximum Gasteiger partial charge on any atom is 0.233 e. The largest absolute Gasteiger partial charge is 0.394 e. The molecular formula is C14H17F2NO3S. The van der Waals surface area contributed by atoms with Crippen LogP contribution in [0, 0.1) is 11.6 Å². The van der Waals surface area contributed by atoms with Gasteiger partial charge in [0.1, 0.15) is 11.6 Å². The normalized spacial score (nSPS) is 22.4. The lowest BCUT2D eigenvalue weighted by atomic mass is 10.2. The molecule has 1 aliphatic rings. The number of halogens is 2. The zero-order chi connectivity index (χ0) is 15.4. The first-order valence-electron chi connectivity index (χ1n) is 6.61. The second-order valence-corrected chi connectivity index (χ2v) is 5.91. The molecule has 0 bridgehead atoms. The molecule has 7 heteroatoms. The molecule has 0 spiro atoms. The van der Waals surface area contributed by atoms with Crippen molar-refractivity contribution in [2.45, 2.75) is 24.0 Å². The fourth-order valence-electron chi connectivity index (χ4n) is 2.09. The van der Waals surface area contributed by atoms with E-state index in [9.17, 15) is 13.6 Å². The minimum Gasteiger partial charge on any atom is -0.394 e. The maximum atomic E-state index is 13.5. The molecule has 0 aliphatic carbocycles. The van der Waals surface area contributed by atoms with Gasteiger partial charge in [-0.25, -0.2) is 8.78 Å². The van der Waals surface area contributed by atoms with Crippen LogP contribution >= 0.6 is 11.8 Å². The first-order chi connectivity index (χ1) is 10.0. The first-order valence-corrected chi connectivity index (χ1v) is 7.59. The molecule has 116 valence electrons. The van der Waals surface area contributed by atoms with Crippen molar-refractivity contribution in [1.29, 1.82) is 0 Å². The number of aliphatic hydroxyl groups excluding tert-OH is 1. The molecule has 1 amide bonds. The monoisotopic (exact) mass is 317 g/mol. The van der Waals surface area contributed by atoms with Crippen LogP contribution < -0.4 is 0 Å². The van der Waals surface area contributed by atoms with Gasteiger partial charge in [0.25, 0.3) is 0 Å². The number of nitrogens with zero attached hydrogens (tertiary/aromatic N) is 1. The van der Waals surface area contributed by atoms with Gasteiger partial charge in [-0.2, -0.15) is 0 Å². The molecule has 21 heavy (non-hydrogen) atoms. The van der Waals surface area contributed by atoms with Crippen LogP contribution in [0.3, 0.4) is 0 Å². The average Bonchev–Trinajstić information content (AvgIpc) is 2.46. The number of benzene rings is 1. The molecule has 0 saturated carbocycles. The number of amides is 1. The summed E-state index contributed by atoms with van der Waals surface area (Å²) in [6.07, 6.45) is -0.377. The van der Waals surface area contributed by atoms with Gasteiger partial charge in [0.2, 0.25) is 5.91 Å². The van der Waals surface area contributed by atoms with Gasteiger partial charge in [-0.3, -0.25) is 4.79 Å². The Hall–Kier alpha value is -1.18. The predicted molar refractivity (Wildman–Crippen MR) is 75.1 cm³/mol. The molecule has 1 saturated heterocycles. The van der Waals surface area contributed by atoms with Gasteiger partial charge in [0.15, 0.2) is 0 Å². The van der Waals surface area contributed by atoms with E-state index < -0.39 is 11.6 Å². The lowest BCUT2D eigenvalue weighted by molar-refractivity contribution is -0.143. The molecule has 1 fully saturated rings. The van der Waals surface area contributed by atoms with Crippen LogP contribution in [0.2, 0.25) is 0 Å². The van der Waals surface area contributed by atoms with E-state index in [-0.39, 0.29) is 35.3 Å². The zero-order valence-corrected chi connectivity index (χ0v) is 12.4. The Morgan fingerprint density at radius 1 is 1.52 bits per heavy atom. The van der Waals surface area contributed by atoms with Crippen molar-refractivity contribution in [3.05, 3.63) is 29.8 Å². The fraction of sp³-hybridized carbons (Fsp3) is 0.500. The molecule has 4 nitrogen and oxygen atoms in total. The highest BCUT2D eigenvalue weighted by molar-refractivity contribution is 8.00. The molecule has 2 rings (SSSR count). The molecule has 0 aromatic heterocycles. The van der Waals surface area contributed by atoms with Gasteiger partial charge in [0, 0.05) is 17.5 Å². The van der Waals surface area contributed by atoms with Gasteiger partial charge in [-0.1, -0.05) is 0 Å². The second-order valence-electron chi connectivity index (χ2n) is 4.90. The third-order valence-electron chi connectivity index (χ3n) is 3.27. The summed E-state index contributed by atoms with van der Waals surface area (Å²) in [5.41, 5.74) is 0. The summed E-state index contributed by atoms with van der Waals surface area (Å²) in [5.74, 6) is -1.41. The van der Waals surface area contributed by atoms with E-state index in [1.54, 1.807) is 4.90 Å². The van der Waals surface area contributed by atoms with E-state index >= 15 is 0 Å². The minimum atomic E-state index is -0.670. The highest BCUT2D eigenvalue weighted by Crippen LogP contribution is 2.23. The van der Waals surface area contributed by atoms with Gasteiger partial charge in [-0.05, 0) is 19.1 Å². The molecule has 1 aromatic rings. The first kappa shape index (κ1) is 16.2. The minimum absolute atomic E-state index is 0.0606. The summed E-state index contributed by atoms with van der Waals surface area (Å²) in [7, 11) is 0. The lowest BCUT2D eigenvalue weighted by Gasteiger charge is -2.37. The Bertz CT molecular complexity index is 515. The van der Waals surface area contributed by atoms with E-state index in [4.69, 9.17) is 9.84 Å². The number of carbonyl (C=O) groups is 1. The standard InChI is InChI=1S/C14H17F2NO3S/c1-9-7-20-11(6-18)5-17(9)14(19)8-21-13-3-2-10(15)4-12(13)16/h2-4,9,11,18H,5-8H2,1H3. The molecule has 1 heterocycles. The third-order valence-corrected chi connectivity index (χ3v) is 4.31. The summed E-state index contributed by atoms with van der Waals surface area (Å²) < 4.78 is 31.7. The maximum absolute atomic E-state index is 13.5. The van der Waals surface area contributed by atoms with Crippen molar-refractivity contribution in [3.63, 3.8) is 0 Å². The Morgan fingerprint density at radius 3 is 2.95 bits per heavy atom. The molecule has 2 atom stereocenters. The second kappa shape index (κ2) is 7.20. The molecule has 1 N–H and O–H groups in total. The summed E-state index contributed by atoms with van der Waals surface area (Å²) in [4.78, 5) is 14.1. The van der Waals surface area contributed by atoms with Gasteiger partial charge in [0.05, 0.1) is 31.1 Å². The SMILES string of the molecule is CC1COC(CO)CN1C(=O)CSc1ccc(F)cc1F. The van der Waals surface area contributed by atoms with Crippen molar-refractivity contribution in [1.82, 2.24) is 4.90 Å². The summed E-state index contributed by atoms with van der Waals surface area (Å²) >= 11 is 1.03. The Kier molecular flexibility index (Phi) is 5.55. The third kappa shape index (κ3) is 4.15. The molecule has 2 unspecified atom stereocenters. The summed E-state index contributed by atoms with van der Waals surface area (Å²) in [6, 6.07) is 3.20. The molecule has 1 aliphatic heterocycles. The van der Waals surface area contributed by atoms with Crippen molar-refractivity contribution >= 4 is 17.7 Å². The number of thioether (sulfide) groups is 1. The number of hydrogen-bond acceptors (Lipinski definition) is 4. The van der Waals surface area contributed by atoms with Crippen molar-refractivity contribution < 1.29 is 23.4 Å². The van der Waals surface area contributed by atoms with E-state index in [2.05, 4.69) is 0 Å². The molecular weight excluding hydrogens is 300 g/mol. The topological polar surface area (TPSA) is 49.8 Å². The number of carbonyl (C=O) groups excluding carboxylic acids is 1. The number of ether oxygens (including phenoxy) is 1. The van der Waals surface area contributed by atoms with Gasteiger partial charge < -0.3 is 14.7 Å². The smallest absolute Gasteiger partial charge is 0.233 e. The van der Waals surface area contributed by atoms with Crippen LogP contribution in [0.5, 0.6) is 0 Å². The van der Waals surface area contributed by atoms with Crippen LogP contribution in [-0.4, -0.2) is 53.6 Å².